The Bertz CT molecular complexity index is 554. The molecule has 2 heterocycles. The molecule has 1 amide bonds. The number of carbonyl (C=O) groups is 2. The van der Waals surface area contributed by atoms with Crippen LogP contribution in [0.4, 0.5) is 4.79 Å². The van der Waals surface area contributed by atoms with Crippen LogP contribution < -0.4 is 4.74 Å². The minimum atomic E-state index is -0.507. The number of aldehydes is 1. The van der Waals surface area contributed by atoms with Gasteiger partial charge in [-0.25, -0.2) is 4.79 Å². The van der Waals surface area contributed by atoms with Gasteiger partial charge >= 0.3 is 6.09 Å². The van der Waals surface area contributed by atoms with Gasteiger partial charge in [0.2, 0.25) is 0 Å². The Labute approximate surface area is 118 Å². The molecule has 0 spiro atoms. The molecule has 4 rings (SSSR count). The lowest BCUT2D eigenvalue weighted by atomic mass is 9.68. The molecular formula is C16H17NO3. The normalized spacial score (nSPS) is 31.1. The SMILES string of the molecule is C[C@]1(C=O)C[C@H]2C=C[C@@H]1N(C(=O)Oc1ccccc1)C2. The lowest BCUT2D eigenvalue weighted by Crippen LogP contribution is -2.58. The number of piperidine rings is 1. The molecule has 0 aromatic heterocycles. The van der Waals surface area contributed by atoms with Crippen LogP contribution in [0, 0.1) is 11.3 Å². The van der Waals surface area contributed by atoms with E-state index in [-0.39, 0.29) is 18.1 Å². The van der Waals surface area contributed by atoms with Gasteiger partial charge in [-0.3, -0.25) is 4.90 Å². The topological polar surface area (TPSA) is 46.6 Å². The molecular weight excluding hydrogens is 254 g/mol. The molecule has 1 fully saturated rings. The monoisotopic (exact) mass is 271 g/mol. The van der Waals surface area contributed by atoms with Crippen molar-refractivity contribution >= 4 is 12.4 Å². The zero-order valence-corrected chi connectivity index (χ0v) is 11.4. The van der Waals surface area contributed by atoms with Crippen LogP contribution in [0.25, 0.3) is 0 Å². The van der Waals surface area contributed by atoms with Crippen molar-refractivity contribution in [1.82, 2.24) is 4.90 Å². The van der Waals surface area contributed by atoms with Gasteiger partial charge in [-0.1, -0.05) is 37.3 Å². The van der Waals surface area contributed by atoms with Gasteiger partial charge in [0.05, 0.1) is 6.04 Å². The van der Waals surface area contributed by atoms with E-state index >= 15 is 0 Å². The van der Waals surface area contributed by atoms with Crippen molar-refractivity contribution in [2.45, 2.75) is 19.4 Å². The van der Waals surface area contributed by atoms with E-state index in [1.54, 1.807) is 17.0 Å². The predicted molar refractivity (Wildman–Crippen MR) is 74.4 cm³/mol. The van der Waals surface area contributed by atoms with Gasteiger partial charge in [0, 0.05) is 12.0 Å². The molecule has 0 radical (unpaired) electrons. The second-order valence-electron chi connectivity index (χ2n) is 5.75. The van der Waals surface area contributed by atoms with Crippen molar-refractivity contribution < 1.29 is 14.3 Å². The van der Waals surface area contributed by atoms with Gasteiger partial charge in [0.1, 0.15) is 12.0 Å². The summed E-state index contributed by atoms with van der Waals surface area (Å²) in [5, 5.41) is 0. The molecule has 4 heteroatoms. The predicted octanol–water partition coefficient (Wildman–Crippen LogP) is 2.65. The first-order valence-corrected chi connectivity index (χ1v) is 6.80. The summed E-state index contributed by atoms with van der Waals surface area (Å²) in [6.45, 7) is 2.53. The fraction of sp³-hybridized carbons (Fsp3) is 0.375. The molecule has 1 aliphatic carbocycles. The van der Waals surface area contributed by atoms with Crippen LogP contribution in [0.5, 0.6) is 5.75 Å². The van der Waals surface area contributed by atoms with E-state index in [0.717, 1.165) is 12.7 Å². The summed E-state index contributed by atoms with van der Waals surface area (Å²) >= 11 is 0. The molecule has 1 aromatic rings. The molecule has 3 atom stereocenters. The summed E-state index contributed by atoms with van der Waals surface area (Å²) in [6.07, 6.45) is 5.44. The number of fused-ring (bicyclic) bond motifs is 2. The highest BCUT2D eigenvalue weighted by atomic mass is 16.6. The van der Waals surface area contributed by atoms with Gasteiger partial charge in [-0.2, -0.15) is 0 Å². The van der Waals surface area contributed by atoms with Crippen molar-refractivity contribution in [2.75, 3.05) is 6.54 Å². The molecule has 1 saturated heterocycles. The van der Waals surface area contributed by atoms with E-state index in [0.29, 0.717) is 12.3 Å². The summed E-state index contributed by atoms with van der Waals surface area (Å²) in [6, 6.07) is 8.79. The number of hydrogen-bond donors (Lipinski definition) is 0. The van der Waals surface area contributed by atoms with E-state index in [2.05, 4.69) is 6.08 Å². The van der Waals surface area contributed by atoms with Gasteiger partial charge in [0.15, 0.2) is 0 Å². The second-order valence-corrected chi connectivity index (χ2v) is 5.75. The third-order valence-electron chi connectivity index (χ3n) is 4.16. The Kier molecular flexibility index (Phi) is 3.08. The van der Waals surface area contributed by atoms with Gasteiger partial charge in [-0.15, -0.1) is 0 Å². The summed E-state index contributed by atoms with van der Waals surface area (Å²) in [7, 11) is 0. The van der Waals surface area contributed by atoms with Crippen molar-refractivity contribution in [3.05, 3.63) is 42.5 Å². The first kappa shape index (κ1) is 12.9. The maximum atomic E-state index is 12.3. The summed E-state index contributed by atoms with van der Waals surface area (Å²) in [5.41, 5.74) is -0.507. The number of carbonyl (C=O) groups excluding carboxylic acids is 2. The van der Waals surface area contributed by atoms with E-state index in [4.69, 9.17) is 4.74 Å². The number of amides is 1. The lowest BCUT2D eigenvalue weighted by Gasteiger charge is -2.49. The zero-order valence-electron chi connectivity index (χ0n) is 11.4. The average Bonchev–Trinajstić information content (AvgIpc) is 2.48. The summed E-state index contributed by atoms with van der Waals surface area (Å²) < 4.78 is 5.38. The molecule has 0 N–H and O–H groups in total. The summed E-state index contributed by atoms with van der Waals surface area (Å²) in [5.74, 6) is 0.759. The second kappa shape index (κ2) is 4.78. The highest BCUT2D eigenvalue weighted by Crippen LogP contribution is 2.42. The van der Waals surface area contributed by atoms with E-state index < -0.39 is 5.41 Å². The first-order chi connectivity index (χ1) is 9.62. The number of para-hydroxylation sites is 1. The molecule has 1 aromatic carbocycles. The molecule has 0 unspecified atom stereocenters. The molecule has 2 bridgehead atoms. The minimum absolute atomic E-state index is 0.207. The van der Waals surface area contributed by atoms with Crippen LogP contribution in [-0.2, 0) is 4.79 Å². The van der Waals surface area contributed by atoms with Crippen LogP contribution in [0.1, 0.15) is 13.3 Å². The number of ether oxygens (including phenoxy) is 1. The molecule has 20 heavy (non-hydrogen) atoms. The van der Waals surface area contributed by atoms with E-state index in [9.17, 15) is 9.59 Å². The number of hydrogen-bond acceptors (Lipinski definition) is 3. The quantitative estimate of drug-likeness (QED) is 0.613. The van der Waals surface area contributed by atoms with Crippen molar-refractivity contribution in [1.29, 1.82) is 0 Å². The lowest BCUT2D eigenvalue weighted by molar-refractivity contribution is -0.121. The minimum Gasteiger partial charge on any atom is -0.410 e. The fourth-order valence-electron chi connectivity index (χ4n) is 3.14. The number of nitrogens with zero attached hydrogens (tertiary/aromatic N) is 1. The highest BCUT2D eigenvalue weighted by Gasteiger charge is 2.48. The van der Waals surface area contributed by atoms with E-state index in [1.807, 2.05) is 31.2 Å². The maximum Gasteiger partial charge on any atom is 0.415 e. The Balaban J connectivity index is 1.79. The number of benzene rings is 1. The molecule has 2 aliphatic heterocycles. The van der Waals surface area contributed by atoms with Crippen LogP contribution in [0.15, 0.2) is 42.5 Å². The van der Waals surface area contributed by atoms with Crippen molar-refractivity contribution in [3.8, 4) is 5.75 Å². The Hall–Kier alpha value is -2.10. The standard InChI is InChI=1S/C16H17NO3/c1-16(11-18)9-12-7-8-14(16)17(10-12)15(19)20-13-5-3-2-4-6-13/h2-8,11-12,14H,9-10H2,1H3/t12-,14+,16-/m1/s1. The fourth-order valence-corrected chi connectivity index (χ4v) is 3.14. The molecule has 3 aliphatic rings. The van der Waals surface area contributed by atoms with Gasteiger partial charge in [-0.05, 0) is 24.5 Å². The Morgan fingerprint density at radius 1 is 1.35 bits per heavy atom. The smallest absolute Gasteiger partial charge is 0.410 e. The van der Waals surface area contributed by atoms with Crippen LogP contribution in [0.2, 0.25) is 0 Å². The highest BCUT2D eigenvalue weighted by molar-refractivity contribution is 5.74. The molecule has 0 saturated carbocycles. The largest absolute Gasteiger partial charge is 0.415 e. The van der Waals surface area contributed by atoms with Gasteiger partial charge < -0.3 is 9.53 Å². The van der Waals surface area contributed by atoms with Crippen LogP contribution in [-0.4, -0.2) is 29.9 Å². The molecule has 4 nitrogen and oxygen atoms in total. The average molecular weight is 271 g/mol. The van der Waals surface area contributed by atoms with E-state index in [1.165, 1.54) is 0 Å². The van der Waals surface area contributed by atoms with Crippen LogP contribution in [0.3, 0.4) is 0 Å². The van der Waals surface area contributed by atoms with Crippen LogP contribution >= 0.6 is 0 Å². The van der Waals surface area contributed by atoms with Crippen molar-refractivity contribution in [3.63, 3.8) is 0 Å². The van der Waals surface area contributed by atoms with Crippen molar-refractivity contribution in [2.24, 2.45) is 11.3 Å². The Morgan fingerprint density at radius 2 is 2.10 bits per heavy atom. The zero-order chi connectivity index (χ0) is 14.2. The number of rotatable bonds is 2. The third kappa shape index (κ3) is 2.11. The maximum absolute atomic E-state index is 12.3. The Morgan fingerprint density at radius 3 is 2.75 bits per heavy atom. The third-order valence-corrected chi connectivity index (χ3v) is 4.16. The first-order valence-electron chi connectivity index (χ1n) is 6.80. The molecule has 104 valence electrons. The summed E-state index contributed by atoms with van der Waals surface area (Å²) in [4.78, 5) is 25.4. The van der Waals surface area contributed by atoms with Gasteiger partial charge in [0.25, 0.3) is 0 Å².